The fraction of sp³-hybridized carbons (Fsp3) is 0.852. The molecule has 17 atom stereocenters. The van der Waals surface area contributed by atoms with Crippen molar-refractivity contribution in [3.8, 4) is 0 Å². The van der Waals surface area contributed by atoms with Crippen molar-refractivity contribution in [3.63, 3.8) is 0 Å². The molecule has 19 nitrogen and oxygen atoms in total. The van der Waals surface area contributed by atoms with Crippen LogP contribution in [0.2, 0.25) is 0 Å². The van der Waals surface area contributed by atoms with E-state index >= 15 is 0 Å². The number of allylic oxidation sites excluding steroid dienone is 7. The minimum Gasteiger partial charge on any atom is -0.394 e. The summed E-state index contributed by atoms with van der Waals surface area (Å²) in [7, 11) is 0. The third-order valence-corrected chi connectivity index (χ3v) is 15.4. The summed E-state index contributed by atoms with van der Waals surface area (Å²) < 4.78 is 34.2. The Morgan fingerprint density at radius 3 is 1.35 bits per heavy atom. The van der Waals surface area contributed by atoms with Crippen molar-refractivity contribution >= 4 is 5.91 Å². The molecule has 3 aliphatic heterocycles. The van der Waals surface area contributed by atoms with Gasteiger partial charge in [-0.25, -0.2) is 0 Å². The van der Waals surface area contributed by atoms with Gasteiger partial charge in [0.2, 0.25) is 5.91 Å². The Labute approximate surface area is 478 Å². The number of hydrogen-bond acceptors (Lipinski definition) is 18. The van der Waals surface area contributed by atoms with Gasteiger partial charge in [0.1, 0.15) is 73.2 Å². The van der Waals surface area contributed by atoms with Crippen molar-refractivity contribution in [2.75, 3.05) is 26.4 Å². The highest BCUT2D eigenvalue weighted by Crippen LogP contribution is 2.33. The Bertz CT molecular complexity index is 1650. The molecular weight excluding hydrogens is 1030 g/mol. The van der Waals surface area contributed by atoms with Crippen molar-refractivity contribution in [1.29, 1.82) is 0 Å². The monoisotopic (exact) mass is 1140 g/mol. The number of carbonyl (C=O) groups is 1. The van der Waals surface area contributed by atoms with Gasteiger partial charge in [0.25, 0.3) is 0 Å². The maximum atomic E-state index is 13.3. The van der Waals surface area contributed by atoms with Crippen LogP contribution in [-0.2, 0) is 33.2 Å². The maximum Gasteiger partial charge on any atom is 0.220 e. The predicted molar refractivity (Wildman–Crippen MR) is 305 cm³/mol. The summed E-state index contributed by atoms with van der Waals surface area (Å²) in [5.74, 6) is -0.306. The van der Waals surface area contributed by atoms with Crippen LogP contribution in [0, 0.1) is 0 Å². The number of amides is 1. The zero-order valence-electron chi connectivity index (χ0n) is 48.5. The fourth-order valence-corrected chi connectivity index (χ4v) is 10.3. The first-order chi connectivity index (χ1) is 38.8. The highest BCUT2D eigenvalue weighted by Gasteiger charge is 2.53. The van der Waals surface area contributed by atoms with Gasteiger partial charge in [0, 0.05) is 6.42 Å². The Morgan fingerprint density at radius 1 is 0.463 bits per heavy atom. The van der Waals surface area contributed by atoms with Crippen LogP contribution < -0.4 is 5.32 Å². The molecule has 3 fully saturated rings. The van der Waals surface area contributed by atoms with E-state index in [1.54, 1.807) is 6.08 Å². The van der Waals surface area contributed by atoms with Crippen LogP contribution in [0.15, 0.2) is 48.6 Å². The third-order valence-electron chi connectivity index (χ3n) is 15.4. The van der Waals surface area contributed by atoms with Gasteiger partial charge in [0.05, 0.1) is 38.6 Å². The zero-order chi connectivity index (χ0) is 58.3. The van der Waals surface area contributed by atoms with Crippen molar-refractivity contribution in [2.45, 2.75) is 304 Å². The van der Waals surface area contributed by atoms with Crippen LogP contribution in [0.4, 0.5) is 0 Å². The summed E-state index contributed by atoms with van der Waals surface area (Å²) in [5.41, 5.74) is 0. The van der Waals surface area contributed by atoms with E-state index in [1.807, 2.05) is 6.08 Å². The molecule has 12 N–H and O–H groups in total. The molecule has 1 amide bonds. The van der Waals surface area contributed by atoms with Crippen molar-refractivity contribution in [3.05, 3.63) is 48.6 Å². The summed E-state index contributed by atoms with van der Waals surface area (Å²) in [6.07, 6.45) is 22.5. The smallest absolute Gasteiger partial charge is 0.220 e. The first-order valence-corrected chi connectivity index (χ1v) is 30.9. The first-order valence-electron chi connectivity index (χ1n) is 30.9. The third kappa shape index (κ3) is 27.6. The molecule has 0 saturated carbocycles. The Balaban J connectivity index is 1.49. The maximum absolute atomic E-state index is 13.3. The minimum atomic E-state index is -1.98. The van der Waals surface area contributed by atoms with Gasteiger partial charge in [-0.3, -0.25) is 4.79 Å². The van der Waals surface area contributed by atoms with Gasteiger partial charge in [-0.2, -0.15) is 0 Å². The second kappa shape index (κ2) is 44.3. The Morgan fingerprint density at radius 2 is 0.863 bits per heavy atom. The lowest BCUT2D eigenvalue weighted by molar-refractivity contribution is -0.379. The highest BCUT2D eigenvalue weighted by molar-refractivity contribution is 5.76. The summed E-state index contributed by atoms with van der Waals surface area (Å²) >= 11 is 0. The lowest BCUT2D eigenvalue weighted by atomic mass is 9.96. The molecule has 3 rings (SSSR count). The van der Waals surface area contributed by atoms with Gasteiger partial charge < -0.3 is 89.9 Å². The Kier molecular flexibility index (Phi) is 39.8. The number of aliphatic hydroxyl groups excluding tert-OH is 11. The quantitative estimate of drug-likeness (QED) is 0.0250. The molecule has 3 aliphatic rings. The topological polar surface area (TPSA) is 307 Å². The standard InChI is InChI=1S/C61H109NO18/c1-3-5-7-9-11-13-15-17-18-19-20-21-22-23-24-25-27-28-30-32-34-36-38-45(66)44(62-49(67)39-37-35-33-31-29-26-16-14-12-10-8-6-4-2)43-75-59-55(73)52(70)57(47(41-64)77-59)80-61-56(74)53(71)58(48(42-65)78-61)79-60-54(72)51(69)50(68)46(40-63)76-60/h6,8,12,14,26,29,36,38,44-48,50-61,63-66,68-74H,3-5,7,9-11,13,15-25,27-28,30-35,37,39-43H2,1-2H3,(H,62,67)/b8-6-,14-12-,29-26-,38-36+. The van der Waals surface area contributed by atoms with E-state index < -0.39 is 124 Å². The molecule has 0 radical (unpaired) electrons. The van der Waals surface area contributed by atoms with Crippen LogP contribution in [0.25, 0.3) is 0 Å². The summed E-state index contributed by atoms with van der Waals surface area (Å²) in [4.78, 5) is 13.3. The largest absolute Gasteiger partial charge is 0.394 e. The summed E-state index contributed by atoms with van der Waals surface area (Å²) in [5, 5.41) is 120. The molecular formula is C61H109NO18. The lowest BCUT2D eigenvalue weighted by Crippen LogP contribution is -2.66. The van der Waals surface area contributed by atoms with Gasteiger partial charge in [0.15, 0.2) is 18.9 Å². The highest BCUT2D eigenvalue weighted by atomic mass is 16.8. The lowest BCUT2D eigenvalue weighted by Gasteiger charge is -2.48. The van der Waals surface area contributed by atoms with Crippen molar-refractivity contribution in [1.82, 2.24) is 5.32 Å². The molecule has 0 aliphatic carbocycles. The van der Waals surface area contributed by atoms with E-state index in [9.17, 15) is 61.0 Å². The van der Waals surface area contributed by atoms with Crippen LogP contribution in [0.1, 0.15) is 200 Å². The molecule has 0 aromatic rings. The van der Waals surface area contributed by atoms with Gasteiger partial charge in [-0.15, -0.1) is 0 Å². The molecule has 0 spiro atoms. The molecule has 17 unspecified atom stereocenters. The summed E-state index contributed by atoms with van der Waals surface area (Å²) in [6.45, 7) is 1.58. The molecule has 80 heavy (non-hydrogen) atoms. The Hall–Kier alpha value is -2.25. The van der Waals surface area contributed by atoms with Crippen LogP contribution >= 0.6 is 0 Å². The predicted octanol–water partition coefficient (Wildman–Crippen LogP) is 5.87. The van der Waals surface area contributed by atoms with Gasteiger partial charge in [-0.05, 0) is 51.4 Å². The second-order valence-corrected chi connectivity index (χ2v) is 22.1. The van der Waals surface area contributed by atoms with Crippen LogP contribution in [0.3, 0.4) is 0 Å². The van der Waals surface area contributed by atoms with E-state index in [-0.39, 0.29) is 18.9 Å². The minimum absolute atomic E-state index is 0.207. The first kappa shape index (κ1) is 72.0. The molecule has 0 bridgehead atoms. The van der Waals surface area contributed by atoms with Gasteiger partial charge in [-0.1, -0.05) is 191 Å². The number of ether oxygens (including phenoxy) is 6. The van der Waals surface area contributed by atoms with Crippen molar-refractivity contribution in [2.24, 2.45) is 0 Å². The van der Waals surface area contributed by atoms with E-state index in [0.717, 1.165) is 64.2 Å². The van der Waals surface area contributed by atoms with Crippen molar-refractivity contribution < 1.29 is 89.4 Å². The molecule has 19 heteroatoms. The van der Waals surface area contributed by atoms with E-state index in [1.165, 1.54) is 109 Å². The average molecular weight is 1140 g/mol. The molecule has 0 aromatic carbocycles. The number of aliphatic hydroxyl groups is 11. The van der Waals surface area contributed by atoms with Gasteiger partial charge >= 0.3 is 0 Å². The fourth-order valence-electron chi connectivity index (χ4n) is 10.3. The van der Waals surface area contributed by atoms with E-state index in [0.29, 0.717) is 6.42 Å². The van der Waals surface area contributed by atoms with Crippen LogP contribution in [-0.4, -0.2) is 193 Å². The van der Waals surface area contributed by atoms with E-state index in [2.05, 4.69) is 55.6 Å². The number of unbranched alkanes of at least 4 members (excludes halogenated alkanes) is 23. The molecule has 3 heterocycles. The van der Waals surface area contributed by atoms with Crippen LogP contribution in [0.5, 0.6) is 0 Å². The number of nitrogens with one attached hydrogen (secondary N) is 1. The molecule has 0 aromatic heterocycles. The molecule has 466 valence electrons. The number of hydrogen-bond donors (Lipinski definition) is 12. The normalized spacial score (nSPS) is 30.3. The second-order valence-electron chi connectivity index (χ2n) is 22.1. The average Bonchev–Trinajstić information content (AvgIpc) is 3.46. The molecule has 3 saturated heterocycles. The SMILES string of the molecule is CC/C=C\C/C=C\C/C=C\CCCCCC(=O)NC(COC1OC(CO)C(OC2OC(CO)C(OC3OC(CO)C(O)C(O)C3O)C(O)C2O)C(O)C1O)C(O)/C=C/CCCCCCCCCCCCCCCCCCCCCC. The number of rotatable bonds is 45. The zero-order valence-corrected chi connectivity index (χ0v) is 48.5. The number of carbonyl (C=O) groups excluding carboxylic acids is 1. The summed E-state index contributed by atoms with van der Waals surface area (Å²) in [6, 6.07) is -0.988. The van der Waals surface area contributed by atoms with E-state index in [4.69, 9.17) is 28.4 Å².